The van der Waals surface area contributed by atoms with E-state index in [0.717, 1.165) is 43.6 Å². The van der Waals surface area contributed by atoms with E-state index < -0.39 is 11.4 Å². The van der Waals surface area contributed by atoms with E-state index in [1.54, 1.807) is 0 Å². The zero-order valence-electron chi connectivity index (χ0n) is 12.2. The third-order valence-electron chi connectivity index (χ3n) is 4.38. The molecule has 0 aliphatic heterocycles. The molecule has 0 saturated heterocycles. The Kier molecular flexibility index (Phi) is 4.57. The number of aliphatic carboxylic acids is 1. The monoisotopic (exact) mass is 277 g/mol. The summed E-state index contributed by atoms with van der Waals surface area (Å²) in [7, 11) is 0. The minimum Gasteiger partial charge on any atom is -0.481 e. The lowest BCUT2D eigenvalue weighted by molar-refractivity contribution is -0.150. The maximum absolute atomic E-state index is 11.7. The predicted octanol–water partition coefficient (Wildman–Crippen LogP) is 2.73. The Labute approximate surface area is 119 Å². The Bertz CT molecular complexity index is 468. The summed E-state index contributed by atoms with van der Waals surface area (Å²) in [6.07, 6.45) is 5.82. The SMILES string of the molecule is CCc1cc(NCC2(C(=O)O)CCC(C)CC2)ncn1. The normalized spacial score (nSPS) is 26.2. The molecule has 1 aromatic rings. The van der Waals surface area contributed by atoms with Crippen molar-refractivity contribution in [3.63, 3.8) is 0 Å². The van der Waals surface area contributed by atoms with E-state index in [1.165, 1.54) is 6.33 Å². The van der Waals surface area contributed by atoms with Crippen molar-refractivity contribution in [3.05, 3.63) is 18.1 Å². The van der Waals surface area contributed by atoms with Crippen LogP contribution in [0.15, 0.2) is 12.4 Å². The van der Waals surface area contributed by atoms with Crippen molar-refractivity contribution in [1.29, 1.82) is 0 Å². The molecule has 0 spiro atoms. The van der Waals surface area contributed by atoms with E-state index in [9.17, 15) is 9.90 Å². The first-order valence-electron chi connectivity index (χ1n) is 7.34. The maximum atomic E-state index is 11.7. The van der Waals surface area contributed by atoms with Crippen LogP contribution in [-0.2, 0) is 11.2 Å². The fourth-order valence-electron chi connectivity index (χ4n) is 2.73. The smallest absolute Gasteiger partial charge is 0.311 e. The minimum atomic E-state index is -0.693. The Balaban J connectivity index is 2.04. The van der Waals surface area contributed by atoms with Crippen molar-refractivity contribution in [3.8, 4) is 0 Å². The molecule has 20 heavy (non-hydrogen) atoms. The number of nitrogens with zero attached hydrogens (tertiary/aromatic N) is 2. The largest absolute Gasteiger partial charge is 0.481 e. The Morgan fingerprint density at radius 1 is 1.45 bits per heavy atom. The van der Waals surface area contributed by atoms with E-state index in [1.807, 2.05) is 13.0 Å². The van der Waals surface area contributed by atoms with Gasteiger partial charge in [-0.15, -0.1) is 0 Å². The van der Waals surface area contributed by atoms with E-state index in [0.29, 0.717) is 12.5 Å². The first-order chi connectivity index (χ1) is 9.55. The molecule has 0 unspecified atom stereocenters. The molecule has 1 aromatic heterocycles. The van der Waals surface area contributed by atoms with Gasteiger partial charge in [-0.25, -0.2) is 9.97 Å². The molecule has 1 heterocycles. The zero-order valence-corrected chi connectivity index (χ0v) is 12.2. The molecule has 0 bridgehead atoms. The average molecular weight is 277 g/mol. The van der Waals surface area contributed by atoms with Crippen molar-refractivity contribution in [1.82, 2.24) is 9.97 Å². The first-order valence-corrected chi connectivity index (χ1v) is 7.34. The van der Waals surface area contributed by atoms with Gasteiger partial charge in [0, 0.05) is 18.3 Å². The summed E-state index contributed by atoms with van der Waals surface area (Å²) in [5, 5.41) is 12.8. The summed E-state index contributed by atoms with van der Waals surface area (Å²) in [6, 6.07) is 1.89. The number of aromatic nitrogens is 2. The lowest BCUT2D eigenvalue weighted by Crippen LogP contribution is -2.41. The van der Waals surface area contributed by atoms with Crippen molar-refractivity contribution in [2.45, 2.75) is 46.0 Å². The van der Waals surface area contributed by atoms with Gasteiger partial charge in [-0.2, -0.15) is 0 Å². The second-order valence-corrected chi connectivity index (χ2v) is 5.87. The third-order valence-corrected chi connectivity index (χ3v) is 4.38. The van der Waals surface area contributed by atoms with Gasteiger partial charge in [-0.05, 0) is 38.0 Å². The van der Waals surface area contributed by atoms with Crippen LogP contribution in [0.3, 0.4) is 0 Å². The Hall–Kier alpha value is -1.65. The Morgan fingerprint density at radius 3 is 2.75 bits per heavy atom. The topological polar surface area (TPSA) is 75.1 Å². The predicted molar refractivity (Wildman–Crippen MR) is 77.6 cm³/mol. The number of nitrogens with one attached hydrogen (secondary N) is 1. The molecule has 0 amide bonds. The van der Waals surface area contributed by atoms with Gasteiger partial charge < -0.3 is 10.4 Å². The molecular weight excluding hydrogens is 254 g/mol. The van der Waals surface area contributed by atoms with Crippen molar-refractivity contribution in [2.24, 2.45) is 11.3 Å². The summed E-state index contributed by atoms with van der Waals surface area (Å²) in [5.74, 6) is 0.658. The first kappa shape index (κ1) is 14.8. The van der Waals surface area contributed by atoms with E-state index in [2.05, 4.69) is 22.2 Å². The fraction of sp³-hybridized carbons (Fsp3) is 0.667. The lowest BCUT2D eigenvalue weighted by atomic mass is 9.71. The van der Waals surface area contributed by atoms with Gasteiger partial charge in [0.15, 0.2) is 0 Å². The highest BCUT2D eigenvalue weighted by atomic mass is 16.4. The quantitative estimate of drug-likeness (QED) is 0.865. The van der Waals surface area contributed by atoms with Crippen LogP contribution in [0.2, 0.25) is 0 Å². The van der Waals surface area contributed by atoms with Crippen LogP contribution >= 0.6 is 0 Å². The number of carboxylic acids is 1. The number of anilines is 1. The van der Waals surface area contributed by atoms with Crippen LogP contribution in [0.5, 0.6) is 0 Å². The number of rotatable bonds is 5. The molecule has 0 radical (unpaired) electrons. The summed E-state index contributed by atoms with van der Waals surface area (Å²) in [5.41, 5.74) is 0.313. The van der Waals surface area contributed by atoms with Crippen LogP contribution in [0.25, 0.3) is 0 Å². The van der Waals surface area contributed by atoms with Crippen molar-refractivity contribution in [2.75, 3.05) is 11.9 Å². The molecule has 1 fully saturated rings. The average Bonchev–Trinajstić information content (AvgIpc) is 2.47. The summed E-state index contributed by atoms with van der Waals surface area (Å²) < 4.78 is 0. The van der Waals surface area contributed by atoms with Gasteiger partial charge in [0.05, 0.1) is 5.41 Å². The molecule has 1 aliphatic rings. The molecule has 110 valence electrons. The van der Waals surface area contributed by atoms with Gasteiger partial charge in [-0.1, -0.05) is 13.8 Å². The van der Waals surface area contributed by atoms with Crippen LogP contribution in [0.4, 0.5) is 5.82 Å². The van der Waals surface area contributed by atoms with Gasteiger partial charge in [0.2, 0.25) is 0 Å². The third kappa shape index (κ3) is 3.26. The van der Waals surface area contributed by atoms with E-state index in [-0.39, 0.29) is 0 Å². The lowest BCUT2D eigenvalue weighted by Gasteiger charge is -2.36. The number of hydrogen-bond acceptors (Lipinski definition) is 4. The summed E-state index contributed by atoms with van der Waals surface area (Å²) in [4.78, 5) is 20.0. The maximum Gasteiger partial charge on any atom is 0.311 e. The highest BCUT2D eigenvalue weighted by Gasteiger charge is 2.41. The van der Waals surface area contributed by atoms with Crippen molar-refractivity contribution >= 4 is 11.8 Å². The number of hydrogen-bond donors (Lipinski definition) is 2. The van der Waals surface area contributed by atoms with Crippen LogP contribution < -0.4 is 5.32 Å². The fourth-order valence-corrected chi connectivity index (χ4v) is 2.73. The molecule has 5 nitrogen and oxygen atoms in total. The van der Waals surface area contributed by atoms with Gasteiger partial charge in [0.1, 0.15) is 12.1 Å². The minimum absolute atomic E-state index is 0.440. The van der Waals surface area contributed by atoms with Crippen molar-refractivity contribution < 1.29 is 9.90 Å². The summed E-state index contributed by atoms with van der Waals surface area (Å²) in [6.45, 7) is 4.67. The van der Waals surface area contributed by atoms with Crippen LogP contribution in [0, 0.1) is 11.3 Å². The zero-order chi connectivity index (χ0) is 14.6. The molecule has 0 aromatic carbocycles. The van der Waals surface area contributed by atoms with Crippen LogP contribution in [-0.4, -0.2) is 27.6 Å². The number of carbonyl (C=O) groups is 1. The standard InChI is InChI=1S/C15H23N3O2/c1-3-12-8-13(18-10-17-12)16-9-15(14(19)20)6-4-11(2)5-7-15/h8,10-11H,3-7,9H2,1-2H3,(H,19,20)(H,16,17,18). The molecule has 1 saturated carbocycles. The highest BCUT2D eigenvalue weighted by molar-refractivity contribution is 5.75. The molecule has 2 rings (SSSR count). The number of aryl methyl sites for hydroxylation is 1. The molecular formula is C15H23N3O2. The second-order valence-electron chi connectivity index (χ2n) is 5.87. The highest BCUT2D eigenvalue weighted by Crippen LogP contribution is 2.39. The molecule has 0 atom stereocenters. The van der Waals surface area contributed by atoms with Crippen LogP contribution in [0.1, 0.15) is 45.2 Å². The second kappa shape index (κ2) is 6.20. The Morgan fingerprint density at radius 2 is 2.15 bits per heavy atom. The number of carboxylic acid groups (broad SMARTS) is 1. The van der Waals surface area contributed by atoms with E-state index in [4.69, 9.17) is 0 Å². The van der Waals surface area contributed by atoms with Gasteiger partial charge >= 0.3 is 5.97 Å². The van der Waals surface area contributed by atoms with Gasteiger partial charge in [-0.3, -0.25) is 4.79 Å². The molecule has 2 N–H and O–H groups in total. The molecule has 1 aliphatic carbocycles. The summed E-state index contributed by atoms with van der Waals surface area (Å²) >= 11 is 0. The van der Waals surface area contributed by atoms with Gasteiger partial charge in [0.25, 0.3) is 0 Å². The molecule has 5 heteroatoms. The van der Waals surface area contributed by atoms with E-state index >= 15 is 0 Å².